The Morgan fingerprint density at radius 1 is 0.789 bits per heavy atom. The molecule has 4 amide bonds. The van der Waals surface area contributed by atoms with Gasteiger partial charge in [-0.1, -0.05) is 18.2 Å². The summed E-state index contributed by atoms with van der Waals surface area (Å²) in [6.07, 6.45) is 3.08. The van der Waals surface area contributed by atoms with Crippen molar-refractivity contribution in [3.63, 3.8) is 0 Å². The maximum atomic E-state index is 13.7. The molecule has 5 aromatic rings. The van der Waals surface area contributed by atoms with E-state index in [0.29, 0.717) is 80.2 Å². The van der Waals surface area contributed by atoms with Crippen molar-refractivity contribution in [1.29, 1.82) is 0 Å². The fourth-order valence-electron chi connectivity index (χ4n) is 8.03. The Bertz CT molecular complexity index is 2260. The third kappa shape index (κ3) is 8.96. The van der Waals surface area contributed by atoms with Crippen LogP contribution in [0.5, 0.6) is 0 Å². The summed E-state index contributed by atoms with van der Waals surface area (Å²) >= 11 is 0. The minimum absolute atomic E-state index is 0.143. The van der Waals surface area contributed by atoms with Crippen LogP contribution in [0.3, 0.4) is 0 Å². The highest BCUT2D eigenvalue weighted by Gasteiger charge is 2.28. The minimum Gasteiger partial charge on any atom is -0.374 e. The Morgan fingerprint density at radius 2 is 1.51 bits per heavy atom. The van der Waals surface area contributed by atoms with Crippen molar-refractivity contribution in [2.24, 2.45) is 0 Å². The number of piperazine rings is 1. The van der Waals surface area contributed by atoms with Crippen molar-refractivity contribution < 1.29 is 28.0 Å². The molecule has 3 aliphatic heterocycles. The summed E-state index contributed by atoms with van der Waals surface area (Å²) in [5.74, 6) is -1.16. The molecule has 1 atom stereocenters. The van der Waals surface area contributed by atoms with Gasteiger partial charge in [0.05, 0.1) is 12.1 Å². The first-order valence-corrected chi connectivity index (χ1v) is 19.4. The van der Waals surface area contributed by atoms with Gasteiger partial charge in [0.15, 0.2) is 5.82 Å². The summed E-state index contributed by atoms with van der Waals surface area (Å²) in [6, 6.07) is 24.1. The Kier molecular flexibility index (Phi) is 10.9. The normalized spacial score (nSPS) is 18.1. The summed E-state index contributed by atoms with van der Waals surface area (Å²) in [7, 11) is 0. The lowest BCUT2D eigenvalue weighted by Crippen LogP contribution is -2.51. The number of nitrogens with zero attached hydrogens (tertiary/aromatic N) is 4. The highest BCUT2D eigenvalue weighted by molar-refractivity contribution is 6.08. The third-order valence-electron chi connectivity index (χ3n) is 11.2. The molecule has 3 aliphatic rings. The molecule has 3 fully saturated rings. The molecule has 294 valence electrons. The number of halogens is 2. The van der Waals surface area contributed by atoms with Crippen molar-refractivity contribution in [3.8, 4) is 0 Å². The molecular formula is C43H44F2N8O4. The second kappa shape index (κ2) is 16.5. The van der Waals surface area contributed by atoms with Gasteiger partial charge in [-0.3, -0.25) is 34.5 Å². The number of benzene rings is 4. The molecule has 14 heteroatoms. The van der Waals surface area contributed by atoms with Crippen molar-refractivity contribution in [1.82, 2.24) is 25.3 Å². The smallest absolute Gasteiger partial charge is 0.256 e. The number of likely N-dealkylation sites (tertiary alicyclic amines) is 1. The number of carbonyl (C=O) groups is 4. The SMILES string of the molecule is O=C1CCC(Nc2ccc(C3CCN(CC(=O)N4CCN(c5ccc(C(=O)Nc6n[nH]c7ccc(Cc8cc(F)cc(F)c8)cc67)cc5)CC4)CC3)cc2)C(=O)N1. The molecule has 0 aliphatic carbocycles. The lowest BCUT2D eigenvalue weighted by molar-refractivity contribution is -0.134. The van der Waals surface area contributed by atoms with E-state index in [0.717, 1.165) is 54.5 Å². The molecule has 4 heterocycles. The van der Waals surface area contributed by atoms with Gasteiger partial charge in [-0.2, -0.15) is 5.10 Å². The lowest BCUT2D eigenvalue weighted by atomic mass is 9.89. The largest absolute Gasteiger partial charge is 0.374 e. The highest BCUT2D eigenvalue weighted by Crippen LogP contribution is 2.30. The number of aromatic nitrogens is 2. The highest BCUT2D eigenvalue weighted by atomic mass is 19.1. The number of H-pyrrole nitrogens is 1. The molecule has 57 heavy (non-hydrogen) atoms. The van der Waals surface area contributed by atoms with E-state index >= 15 is 0 Å². The summed E-state index contributed by atoms with van der Waals surface area (Å²) in [4.78, 5) is 56.4. The van der Waals surface area contributed by atoms with Gasteiger partial charge in [0.1, 0.15) is 17.7 Å². The molecule has 12 nitrogen and oxygen atoms in total. The summed E-state index contributed by atoms with van der Waals surface area (Å²) in [5, 5.41) is 16.4. The monoisotopic (exact) mass is 774 g/mol. The van der Waals surface area contributed by atoms with Crippen LogP contribution >= 0.6 is 0 Å². The number of carbonyl (C=O) groups excluding carboxylic acids is 4. The number of amides is 4. The molecule has 4 N–H and O–H groups in total. The van der Waals surface area contributed by atoms with E-state index in [2.05, 4.69) is 48.1 Å². The standard InChI is InChI=1S/C43H44F2N8O4/c44-32-22-28(23-33(45)25-32)21-27-1-10-37-36(24-27)41(50-49-37)48-42(56)31-4-8-35(9-5-31)52-17-19-53(20-18-52)40(55)26-51-15-13-30(14-16-51)29-2-6-34(7-3-29)46-38-11-12-39(54)47-43(38)57/h1-10,22-25,30,38,46H,11-21,26H2,(H,47,54,57)(H2,48,49,50,56). The first-order valence-electron chi connectivity index (χ1n) is 19.4. The second-order valence-corrected chi connectivity index (χ2v) is 15.1. The number of imide groups is 1. The van der Waals surface area contributed by atoms with Gasteiger partial charge in [-0.15, -0.1) is 0 Å². The Balaban J connectivity index is 0.779. The van der Waals surface area contributed by atoms with Crippen molar-refractivity contribution in [3.05, 3.63) is 119 Å². The first kappa shape index (κ1) is 37.8. The van der Waals surface area contributed by atoms with Crippen LogP contribution in [-0.4, -0.2) is 95.5 Å². The summed E-state index contributed by atoms with van der Waals surface area (Å²) in [6.45, 7) is 4.74. The average Bonchev–Trinajstić information content (AvgIpc) is 3.60. The molecule has 8 rings (SSSR count). The zero-order valence-corrected chi connectivity index (χ0v) is 31.4. The number of aromatic amines is 1. The molecule has 1 unspecified atom stereocenters. The lowest BCUT2D eigenvalue weighted by Gasteiger charge is -2.38. The van der Waals surface area contributed by atoms with E-state index in [9.17, 15) is 28.0 Å². The van der Waals surface area contributed by atoms with Crippen LogP contribution < -0.4 is 20.9 Å². The fraction of sp³-hybridized carbons (Fsp3) is 0.326. The number of anilines is 3. The first-order chi connectivity index (χ1) is 27.6. The van der Waals surface area contributed by atoms with E-state index < -0.39 is 17.7 Å². The van der Waals surface area contributed by atoms with E-state index in [-0.39, 0.29) is 23.6 Å². The van der Waals surface area contributed by atoms with E-state index in [1.165, 1.54) is 17.7 Å². The Hall–Kier alpha value is -6.15. The second-order valence-electron chi connectivity index (χ2n) is 15.1. The average molecular weight is 775 g/mol. The maximum absolute atomic E-state index is 13.7. The predicted molar refractivity (Wildman–Crippen MR) is 213 cm³/mol. The van der Waals surface area contributed by atoms with Crippen LogP contribution in [0.15, 0.2) is 84.9 Å². The van der Waals surface area contributed by atoms with E-state index in [4.69, 9.17) is 0 Å². The van der Waals surface area contributed by atoms with Gasteiger partial charge >= 0.3 is 0 Å². The Morgan fingerprint density at radius 3 is 2.21 bits per heavy atom. The van der Waals surface area contributed by atoms with Crippen LogP contribution in [0, 0.1) is 11.6 Å². The van der Waals surface area contributed by atoms with Gasteiger partial charge in [0, 0.05) is 61.0 Å². The number of piperidine rings is 2. The molecule has 0 spiro atoms. The summed E-state index contributed by atoms with van der Waals surface area (Å²) in [5.41, 5.74) is 5.60. The maximum Gasteiger partial charge on any atom is 0.256 e. The third-order valence-corrected chi connectivity index (χ3v) is 11.2. The molecule has 0 radical (unpaired) electrons. The van der Waals surface area contributed by atoms with Gasteiger partial charge < -0.3 is 20.4 Å². The number of hydrogen-bond acceptors (Lipinski definition) is 8. The van der Waals surface area contributed by atoms with Crippen LogP contribution in [0.1, 0.15) is 58.6 Å². The molecule has 1 aromatic heterocycles. The topological polar surface area (TPSA) is 143 Å². The van der Waals surface area contributed by atoms with E-state index in [1.54, 1.807) is 12.1 Å². The Labute approximate surface area is 328 Å². The molecule has 0 saturated carbocycles. The van der Waals surface area contributed by atoms with Gasteiger partial charge in [0.2, 0.25) is 17.7 Å². The van der Waals surface area contributed by atoms with Crippen LogP contribution in [0.25, 0.3) is 10.9 Å². The van der Waals surface area contributed by atoms with Gasteiger partial charge in [0.25, 0.3) is 5.91 Å². The van der Waals surface area contributed by atoms with Crippen molar-refractivity contribution in [2.45, 2.75) is 44.1 Å². The molecular weight excluding hydrogens is 731 g/mol. The predicted octanol–water partition coefficient (Wildman–Crippen LogP) is 5.43. The van der Waals surface area contributed by atoms with E-state index in [1.807, 2.05) is 47.4 Å². The molecule has 4 aromatic carbocycles. The number of fused-ring (bicyclic) bond motifs is 1. The molecule has 3 saturated heterocycles. The zero-order chi connectivity index (χ0) is 39.5. The number of hydrogen-bond donors (Lipinski definition) is 4. The fourth-order valence-corrected chi connectivity index (χ4v) is 8.03. The quantitative estimate of drug-likeness (QED) is 0.138. The zero-order valence-electron chi connectivity index (χ0n) is 31.4. The summed E-state index contributed by atoms with van der Waals surface area (Å²) < 4.78 is 27.4. The van der Waals surface area contributed by atoms with Crippen molar-refractivity contribution >= 4 is 51.7 Å². The number of nitrogens with one attached hydrogen (secondary N) is 4. The van der Waals surface area contributed by atoms with Crippen LogP contribution in [0.4, 0.5) is 26.0 Å². The van der Waals surface area contributed by atoms with Crippen LogP contribution in [0.2, 0.25) is 0 Å². The van der Waals surface area contributed by atoms with Gasteiger partial charge in [-0.25, -0.2) is 8.78 Å². The minimum atomic E-state index is -0.629. The van der Waals surface area contributed by atoms with Crippen molar-refractivity contribution in [2.75, 3.05) is 61.3 Å². The number of rotatable bonds is 10. The van der Waals surface area contributed by atoms with Crippen LogP contribution in [-0.2, 0) is 20.8 Å². The van der Waals surface area contributed by atoms with Gasteiger partial charge in [-0.05, 0) is 122 Å². The molecule has 0 bridgehead atoms.